The molecule has 1 aliphatic heterocycles. The van der Waals surface area contributed by atoms with Crippen molar-refractivity contribution in [3.05, 3.63) is 113 Å². The molecular formula is C30H27ClNO6P. The Balaban J connectivity index is 1.42. The minimum Gasteiger partial charge on any atom is -0.507 e. The standard InChI is InChI=1S/C30H27ClNO6P/c31-26-9-5-4-8-24(26)27(33)17-16-25-29(32(30(25)35)21-6-2-1-3-7-21)20-12-15-23(28(34)18-20)19-10-13-22(14-11-19)39(36,37)38/h1-15,18,25,27,29,33-34H,16-17H2,(H2,36,37,38). The molecule has 5 rings (SSSR count). The van der Waals surface area contributed by atoms with Gasteiger partial charge in [0.05, 0.1) is 23.4 Å². The van der Waals surface area contributed by atoms with Gasteiger partial charge in [-0.1, -0.05) is 72.3 Å². The van der Waals surface area contributed by atoms with Gasteiger partial charge in [0.2, 0.25) is 5.91 Å². The summed E-state index contributed by atoms with van der Waals surface area (Å²) in [6.45, 7) is 0. The lowest BCUT2D eigenvalue weighted by molar-refractivity contribution is -0.131. The Morgan fingerprint density at radius 3 is 2.21 bits per heavy atom. The van der Waals surface area contributed by atoms with Crippen LogP contribution in [0.2, 0.25) is 5.02 Å². The maximum Gasteiger partial charge on any atom is 0.356 e. The number of amides is 1. The average molecular weight is 564 g/mol. The molecule has 0 bridgehead atoms. The highest BCUT2D eigenvalue weighted by Gasteiger charge is 2.48. The van der Waals surface area contributed by atoms with Gasteiger partial charge >= 0.3 is 7.60 Å². The fourth-order valence-corrected chi connectivity index (χ4v) is 5.94. The number of aliphatic hydroxyl groups is 1. The number of carbonyl (C=O) groups is 1. The lowest BCUT2D eigenvalue weighted by Gasteiger charge is -2.48. The number of phenolic OH excluding ortho intramolecular Hbond substituents is 1. The van der Waals surface area contributed by atoms with Crippen molar-refractivity contribution < 1.29 is 29.4 Å². The van der Waals surface area contributed by atoms with E-state index in [1.807, 2.05) is 42.5 Å². The van der Waals surface area contributed by atoms with Crippen LogP contribution in [0.5, 0.6) is 5.75 Å². The summed E-state index contributed by atoms with van der Waals surface area (Å²) < 4.78 is 11.5. The second-order valence-electron chi connectivity index (χ2n) is 9.58. The Morgan fingerprint density at radius 2 is 1.56 bits per heavy atom. The minimum absolute atomic E-state index is 0.0151. The number of β-lactam (4-membered cyclic amide) rings is 1. The molecule has 1 fully saturated rings. The number of rotatable bonds is 8. The van der Waals surface area contributed by atoms with E-state index in [0.29, 0.717) is 34.6 Å². The first-order chi connectivity index (χ1) is 18.6. The first-order valence-electron chi connectivity index (χ1n) is 12.4. The molecule has 1 aliphatic rings. The number of carbonyl (C=O) groups excluding carboxylic acids is 1. The average Bonchev–Trinajstić information content (AvgIpc) is 2.92. The molecule has 39 heavy (non-hydrogen) atoms. The quantitative estimate of drug-likeness (QED) is 0.160. The number of anilines is 1. The molecule has 1 saturated heterocycles. The molecule has 4 N–H and O–H groups in total. The highest BCUT2D eigenvalue weighted by molar-refractivity contribution is 7.60. The summed E-state index contributed by atoms with van der Waals surface area (Å²) in [5.74, 6) is -0.483. The van der Waals surface area contributed by atoms with Crippen LogP contribution in [-0.2, 0) is 9.36 Å². The lowest BCUT2D eigenvalue weighted by Crippen LogP contribution is -2.55. The summed E-state index contributed by atoms with van der Waals surface area (Å²) in [5, 5.41) is 22.1. The smallest absolute Gasteiger partial charge is 0.356 e. The summed E-state index contributed by atoms with van der Waals surface area (Å²) in [6, 6.07) is 27.0. The summed E-state index contributed by atoms with van der Waals surface area (Å²) in [5.41, 5.74) is 3.20. The van der Waals surface area contributed by atoms with E-state index in [1.54, 1.807) is 47.4 Å². The molecule has 200 valence electrons. The largest absolute Gasteiger partial charge is 0.507 e. The van der Waals surface area contributed by atoms with Gasteiger partial charge < -0.3 is 24.9 Å². The molecule has 0 aliphatic carbocycles. The van der Waals surface area contributed by atoms with Crippen LogP contribution in [0, 0.1) is 5.92 Å². The number of para-hydroxylation sites is 1. The van der Waals surface area contributed by atoms with E-state index in [1.165, 1.54) is 12.1 Å². The number of phenols is 1. The zero-order valence-corrected chi connectivity index (χ0v) is 22.4. The van der Waals surface area contributed by atoms with Gasteiger partial charge in [-0.05, 0) is 65.9 Å². The Kier molecular flexibility index (Phi) is 7.63. The number of hydrogen-bond donors (Lipinski definition) is 4. The normalized spacial score (nSPS) is 18.1. The van der Waals surface area contributed by atoms with Crippen molar-refractivity contribution in [2.24, 2.45) is 5.92 Å². The van der Waals surface area contributed by atoms with Crippen molar-refractivity contribution in [3.63, 3.8) is 0 Å². The van der Waals surface area contributed by atoms with Crippen molar-refractivity contribution in [1.29, 1.82) is 0 Å². The Hall–Kier alpha value is -3.45. The Labute approximate surface area is 231 Å². The maximum absolute atomic E-state index is 13.3. The van der Waals surface area contributed by atoms with E-state index in [-0.39, 0.29) is 23.0 Å². The third-order valence-electron chi connectivity index (χ3n) is 7.14. The van der Waals surface area contributed by atoms with Crippen LogP contribution >= 0.6 is 19.2 Å². The maximum atomic E-state index is 13.3. The first kappa shape index (κ1) is 27.1. The third kappa shape index (κ3) is 5.50. The number of halogens is 1. The summed E-state index contributed by atoms with van der Waals surface area (Å²) in [7, 11) is -4.37. The van der Waals surface area contributed by atoms with Crippen LogP contribution in [0.3, 0.4) is 0 Å². The molecule has 3 atom stereocenters. The van der Waals surface area contributed by atoms with Crippen molar-refractivity contribution in [1.82, 2.24) is 0 Å². The van der Waals surface area contributed by atoms with Crippen LogP contribution < -0.4 is 10.2 Å². The zero-order valence-electron chi connectivity index (χ0n) is 20.8. The monoisotopic (exact) mass is 563 g/mol. The van der Waals surface area contributed by atoms with Gasteiger partial charge in [-0.3, -0.25) is 9.36 Å². The van der Waals surface area contributed by atoms with Gasteiger partial charge in [0.25, 0.3) is 0 Å². The van der Waals surface area contributed by atoms with E-state index in [0.717, 1.165) is 11.3 Å². The molecule has 1 heterocycles. The molecule has 1 amide bonds. The van der Waals surface area contributed by atoms with Gasteiger partial charge in [0.1, 0.15) is 5.75 Å². The Morgan fingerprint density at radius 1 is 0.897 bits per heavy atom. The fourth-order valence-electron chi connectivity index (χ4n) is 5.14. The van der Waals surface area contributed by atoms with Crippen LogP contribution in [0.15, 0.2) is 97.1 Å². The van der Waals surface area contributed by atoms with Crippen molar-refractivity contribution >= 4 is 36.1 Å². The van der Waals surface area contributed by atoms with Gasteiger partial charge in [0, 0.05) is 16.3 Å². The molecule has 4 aromatic carbocycles. The molecular weight excluding hydrogens is 537 g/mol. The molecule has 4 aromatic rings. The van der Waals surface area contributed by atoms with Crippen LogP contribution in [0.4, 0.5) is 5.69 Å². The highest BCUT2D eigenvalue weighted by atomic mass is 35.5. The van der Waals surface area contributed by atoms with E-state index in [9.17, 15) is 29.4 Å². The third-order valence-corrected chi connectivity index (χ3v) is 8.46. The lowest BCUT2D eigenvalue weighted by atomic mass is 9.78. The summed E-state index contributed by atoms with van der Waals surface area (Å²) >= 11 is 6.25. The second kappa shape index (κ2) is 11.0. The number of nitrogens with zero attached hydrogens (tertiary/aromatic N) is 1. The van der Waals surface area contributed by atoms with Crippen LogP contribution in [0.1, 0.15) is 36.1 Å². The molecule has 0 radical (unpaired) electrons. The molecule has 3 unspecified atom stereocenters. The molecule has 0 saturated carbocycles. The number of hydrogen-bond acceptors (Lipinski definition) is 4. The van der Waals surface area contributed by atoms with Crippen molar-refractivity contribution in [2.45, 2.75) is 25.0 Å². The SMILES string of the molecule is O=C1C(CCC(O)c2ccccc2Cl)C(c2ccc(-c3ccc(P(=O)(O)O)cc3)c(O)c2)N1c1ccccc1. The summed E-state index contributed by atoms with van der Waals surface area (Å²) in [4.78, 5) is 33.8. The van der Waals surface area contributed by atoms with Gasteiger partial charge in [-0.15, -0.1) is 0 Å². The van der Waals surface area contributed by atoms with Crippen LogP contribution in [0.25, 0.3) is 11.1 Å². The molecule has 0 aromatic heterocycles. The van der Waals surface area contributed by atoms with Gasteiger partial charge in [0.15, 0.2) is 0 Å². The van der Waals surface area contributed by atoms with E-state index in [4.69, 9.17) is 11.6 Å². The summed E-state index contributed by atoms with van der Waals surface area (Å²) in [6.07, 6.45) is -0.0503. The fraction of sp³-hybridized carbons (Fsp3) is 0.167. The topological polar surface area (TPSA) is 118 Å². The van der Waals surface area contributed by atoms with Gasteiger partial charge in [-0.25, -0.2) is 0 Å². The van der Waals surface area contributed by atoms with Crippen molar-refractivity contribution in [2.75, 3.05) is 4.90 Å². The molecule has 0 spiro atoms. The number of benzene rings is 4. The predicted octanol–water partition coefficient (Wildman–Crippen LogP) is 5.73. The minimum atomic E-state index is -4.37. The van der Waals surface area contributed by atoms with Crippen molar-refractivity contribution in [3.8, 4) is 16.9 Å². The first-order valence-corrected chi connectivity index (χ1v) is 14.4. The second-order valence-corrected chi connectivity index (χ2v) is 11.6. The zero-order chi connectivity index (χ0) is 27.7. The number of aromatic hydroxyl groups is 1. The van der Waals surface area contributed by atoms with E-state index in [2.05, 4.69) is 0 Å². The highest BCUT2D eigenvalue weighted by Crippen LogP contribution is 2.48. The number of aliphatic hydroxyl groups excluding tert-OH is 1. The predicted molar refractivity (Wildman–Crippen MR) is 151 cm³/mol. The molecule has 9 heteroatoms. The van der Waals surface area contributed by atoms with Gasteiger partial charge in [-0.2, -0.15) is 0 Å². The van der Waals surface area contributed by atoms with E-state index < -0.39 is 19.6 Å². The molecule has 7 nitrogen and oxygen atoms in total. The van der Waals surface area contributed by atoms with E-state index >= 15 is 0 Å². The van der Waals surface area contributed by atoms with Crippen LogP contribution in [-0.4, -0.2) is 25.9 Å². The Bertz CT molecular complexity index is 1540.